The number of nitrogens with one attached hydrogen (secondary N) is 1. The number of aryl methyl sites for hydroxylation is 1. The summed E-state index contributed by atoms with van der Waals surface area (Å²) >= 11 is 13.2. The van der Waals surface area contributed by atoms with Gasteiger partial charge >= 0.3 is 12.0 Å². The number of rotatable bonds is 10. The van der Waals surface area contributed by atoms with Crippen molar-refractivity contribution in [3.05, 3.63) is 63.3 Å². The highest BCUT2D eigenvalue weighted by Crippen LogP contribution is 2.37. The fourth-order valence-electron chi connectivity index (χ4n) is 5.76. The third-order valence-corrected chi connectivity index (χ3v) is 8.87. The lowest BCUT2D eigenvalue weighted by Crippen LogP contribution is -2.44. The van der Waals surface area contributed by atoms with Gasteiger partial charge in [-0.25, -0.2) is 4.79 Å². The van der Waals surface area contributed by atoms with Gasteiger partial charge in [0.1, 0.15) is 0 Å². The Morgan fingerprint density at radius 1 is 1.12 bits per heavy atom. The maximum atomic E-state index is 12.1. The number of halogens is 2. The molecular weight excluding hydrogens is 591 g/mol. The Bertz CT molecular complexity index is 1480. The molecule has 230 valence electrons. The molecule has 1 aromatic heterocycles. The Morgan fingerprint density at radius 3 is 2.67 bits per heavy atom. The third kappa shape index (κ3) is 7.33. The van der Waals surface area contributed by atoms with E-state index in [1.807, 2.05) is 36.4 Å². The van der Waals surface area contributed by atoms with Crippen molar-refractivity contribution in [2.24, 2.45) is 5.73 Å². The van der Waals surface area contributed by atoms with Crippen molar-refractivity contribution in [2.45, 2.75) is 45.4 Å². The molecule has 43 heavy (non-hydrogen) atoms. The molecule has 1 fully saturated rings. The fourth-order valence-corrected chi connectivity index (χ4v) is 6.17. The summed E-state index contributed by atoms with van der Waals surface area (Å²) in [6, 6.07) is 11.6. The second kappa shape index (κ2) is 14.1. The molecule has 1 unspecified atom stereocenters. The number of urea groups is 1. The van der Waals surface area contributed by atoms with Gasteiger partial charge in [0, 0.05) is 77.6 Å². The Hall–Kier alpha value is -3.15. The molecule has 0 radical (unpaired) electrons. The average molecular weight is 630 g/mol. The lowest BCUT2D eigenvalue weighted by atomic mass is 9.96. The zero-order valence-electron chi connectivity index (χ0n) is 24.6. The number of carbonyl (C=O) groups excluding carboxylic acids is 2. The van der Waals surface area contributed by atoms with Crippen molar-refractivity contribution >= 4 is 35.2 Å². The van der Waals surface area contributed by atoms with Crippen LogP contribution in [-0.4, -0.2) is 84.1 Å². The van der Waals surface area contributed by atoms with E-state index in [4.69, 9.17) is 43.5 Å². The lowest BCUT2D eigenvalue weighted by molar-refractivity contribution is -0.139. The number of aromatic nitrogens is 2. The topological polar surface area (TPSA) is 115 Å². The van der Waals surface area contributed by atoms with Crippen LogP contribution in [0.4, 0.5) is 4.79 Å². The molecule has 0 spiro atoms. The summed E-state index contributed by atoms with van der Waals surface area (Å²) in [6.07, 6.45) is 1.65. The molecule has 2 aliphatic rings. The number of benzene rings is 2. The van der Waals surface area contributed by atoms with Crippen LogP contribution in [0, 0.1) is 0 Å². The minimum absolute atomic E-state index is 0.0782. The third-order valence-electron chi connectivity index (χ3n) is 8.18. The van der Waals surface area contributed by atoms with Gasteiger partial charge in [0.2, 0.25) is 0 Å². The second-order valence-corrected chi connectivity index (χ2v) is 11.8. The first-order chi connectivity index (χ1) is 20.7. The SMILES string of the molecule is COC(=O)CNCc1cc(-c2cc(-c3nn(CCCN4CCOCC4C)c4c3CN(C(N)=O)CC4)ccc2Cl)ccc1Cl. The van der Waals surface area contributed by atoms with Gasteiger partial charge in [-0.1, -0.05) is 35.3 Å². The van der Waals surface area contributed by atoms with Crippen molar-refractivity contribution in [3.63, 3.8) is 0 Å². The van der Waals surface area contributed by atoms with E-state index in [1.54, 1.807) is 4.90 Å². The quantitative estimate of drug-likeness (QED) is 0.321. The predicted octanol–water partition coefficient (Wildman–Crippen LogP) is 4.33. The van der Waals surface area contributed by atoms with Crippen LogP contribution in [0.5, 0.6) is 0 Å². The summed E-state index contributed by atoms with van der Waals surface area (Å²) < 4.78 is 12.4. The zero-order valence-corrected chi connectivity index (χ0v) is 26.1. The van der Waals surface area contributed by atoms with E-state index in [-0.39, 0.29) is 12.5 Å². The molecule has 1 atom stereocenters. The largest absolute Gasteiger partial charge is 0.468 e. The molecule has 1 saturated heterocycles. The average Bonchev–Trinajstić information content (AvgIpc) is 3.37. The summed E-state index contributed by atoms with van der Waals surface area (Å²) in [4.78, 5) is 27.8. The molecule has 0 aliphatic carbocycles. The van der Waals surface area contributed by atoms with Crippen molar-refractivity contribution in [1.29, 1.82) is 0 Å². The minimum Gasteiger partial charge on any atom is -0.468 e. The normalized spacial score (nSPS) is 17.1. The van der Waals surface area contributed by atoms with Crippen LogP contribution in [0.2, 0.25) is 10.0 Å². The Morgan fingerprint density at radius 2 is 1.91 bits per heavy atom. The molecule has 10 nitrogen and oxygen atoms in total. The smallest absolute Gasteiger partial charge is 0.319 e. The number of fused-ring (bicyclic) bond motifs is 1. The molecule has 2 aliphatic heterocycles. The van der Waals surface area contributed by atoms with Gasteiger partial charge in [-0.2, -0.15) is 5.10 Å². The van der Waals surface area contributed by atoms with Crippen LogP contribution < -0.4 is 11.1 Å². The molecule has 3 aromatic rings. The molecule has 3 N–H and O–H groups in total. The van der Waals surface area contributed by atoms with Crippen LogP contribution >= 0.6 is 23.2 Å². The monoisotopic (exact) mass is 628 g/mol. The van der Waals surface area contributed by atoms with E-state index in [1.165, 1.54) is 7.11 Å². The summed E-state index contributed by atoms with van der Waals surface area (Å²) in [5, 5.41) is 9.32. The van der Waals surface area contributed by atoms with E-state index in [9.17, 15) is 9.59 Å². The first-order valence-electron chi connectivity index (χ1n) is 14.6. The molecule has 2 aromatic carbocycles. The first-order valence-corrected chi connectivity index (χ1v) is 15.3. The van der Waals surface area contributed by atoms with E-state index in [2.05, 4.69) is 21.8 Å². The number of esters is 1. The summed E-state index contributed by atoms with van der Waals surface area (Å²) in [6.45, 7) is 7.88. The number of amides is 2. The number of hydrogen-bond acceptors (Lipinski definition) is 7. The predicted molar refractivity (Wildman–Crippen MR) is 167 cm³/mol. The van der Waals surface area contributed by atoms with Crippen LogP contribution in [0.15, 0.2) is 36.4 Å². The second-order valence-electron chi connectivity index (χ2n) is 11.0. The maximum absolute atomic E-state index is 12.1. The van der Waals surface area contributed by atoms with Gasteiger partial charge in [0.05, 0.1) is 39.1 Å². The minimum atomic E-state index is -0.433. The fraction of sp³-hybridized carbons (Fsp3) is 0.452. The Labute approximate surface area is 262 Å². The number of nitrogens with two attached hydrogens (primary N) is 1. The van der Waals surface area contributed by atoms with Crippen molar-refractivity contribution < 1.29 is 19.1 Å². The molecule has 0 bridgehead atoms. The van der Waals surface area contributed by atoms with E-state index >= 15 is 0 Å². The lowest BCUT2D eigenvalue weighted by Gasteiger charge is -2.33. The highest BCUT2D eigenvalue weighted by Gasteiger charge is 2.28. The Kier molecular flexibility index (Phi) is 10.2. The van der Waals surface area contributed by atoms with E-state index in [0.717, 1.165) is 78.5 Å². The van der Waals surface area contributed by atoms with Crippen LogP contribution in [0.3, 0.4) is 0 Å². The van der Waals surface area contributed by atoms with Crippen molar-refractivity contribution in [3.8, 4) is 22.4 Å². The molecule has 2 amide bonds. The molecular formula is C31H38Cl2N6O4. The van der Waals surface area contributed by atoms with E-state index < -0.39 is 6.03 Å². The molecule has 0 saturated carbocycles. The van der Waals surface area contributed by atoms with E-state index in [0.29, 0.717) is 42.1 Å². The van der Waals surface area contributed by atoms with Gasteiger partial charge in [-0.3, -0.25) is 14.4 Å². The molecule has 12 heteroatoms. The summed E-state index contributed by atoms with van der Waals surface area (Å²) in [7, 11) is 1.35. The first kappa shape index (κ1) is 31.3. The van der Waals surface area contributed by atoms with Crippen molar-refractivity contribution in [2.75, 3.05) is 46.5 Å². The number of morpholine rings is 1. The van der Waals surface area contributed by atoms with Crippen LogP contribution in [0.25, 0.3) is 22.4 Å². The maximum Gasteiger partial charge on any atom is 0.319 e. The van der Waals surface area contributed by atoms with Gasteiger partial charge in [0.25, 0.3) is 0 Å². The number of nitrogens with zero attached hydrogens (tertiary/aromatic N) is 4. The highest BCUT2D eigenvalue weighted by molar-refractivity contribution is 6.33. The van der Waals surface area contributed by atoms with Gasteiger partial charge in [-0.05, 0) is 48.7 Å². The van der Waals surface area contributed by atoms with Crippen molar-refractivity contribution in [1.82, 2.24) is 24.9 Å². The number of hydrogen-bond donors (Lipinski definition) is 2. The van der Waals surface area contributed by atoms with Gasteiger partial charge in [-0.15, -0.1) is 0 Å². The number of primary amides is 1. The summed E-state index contributed by atoms with van der Waals surface area (Å²) in [5.41, 5.74) is 12.1. The highest BCUT2D eigenvalue weighted by atomic mass is 35.5. The Balaban J connectivity index is 1.43. The van der Waals surface area contributed by atoms with Gasteiger partial charge in [0.15, 0.2) is 0 Å². The molecule has 5 rings (SSSR count). The zero-order chi connectivity index (χ0) is 30.5. The number of carbonyl (C=O) groups is 2. The number of methoxy groups -OCH3 is 1. The standard InChI is InChI=1S/C31H38Cl2N6O4/c1-20-19-43-13-12-37(20)9-3-10-39-28-8-11-38(31(34)41)18-25(28)30(36-39)22-5-7-27(33)24(15-22)21-4-6-26(32)23(14-21)16-35-17-29(40)42-2/h4-7,14-15,20,35H,3,8-13,16-19H2,1-2H3,(H2,34,41). The van der Waals surface area contributed by atoms with Crippen LogP contribution in [-0.2, 0) is 40.3 Å². The number of ether oxygens (including phenoxy) is 2. The molecule has 3 heterocycles. The van der Waals surface area contributed by atoms with Crippen LogP contribution in [0.1, 0.15) is 30.2 Å². The summed E-state index contributed by atoms with van der Waals surface area (Å²) in [5.74, 6) is -0.351. The van der Waals surface area contributed by atoms with Gasteiger partial charge < -0.3 is 25.4 Å².